The molecule has 5 heteroatoms. The number of aliphatic hydroxyl groups excluding tert-OH is 1. The molecule has 2 aromatic rings. The lowest BCUT2D eigenvalue weighted by molar-refractivity contribution is -0.136. The smallest absolute Gasteiger partial charge is 0.0941 e. The fraction of sp³-hybridized carbons (Fsp3) is 0.417. The molecule has 2 aromatic heterocycles. The van der Waals surface area contributed by atoms with Crippen LogP contribution < -0.4 is 0 Å². The Hall–Kier alpha value is -0.750. The Morgan fingerprint density at radius 2 is 2.29 bits per heavy atom. The first-order chi connectivity index (χ1) is 8.31. The number of aromatic nitrogens is 1. The molecule has 0 bridgehead atoms. The Kier molecular flexibility index (Phi) is 3.00. The van der Waals surface area contributed by atoms with Crippen LogP contribution in [0.5, 0.6) is 0 Å². The number of ether oxygens (including phenoxy) is 1. The van der Waals surface area contributed by atoms with Gasteiger partial charge in [0, 0.05) is 17.2 Å². The second-order valence-corrected chi connectivity index (χ2v) is 6.32. The molecule has 0 radical (unpaired) electrons. The molecule has 3 heterocycles. The molecular formula is C12H13NO2S2. The lowest BCUT2D eigenvalue weighted by atomic mass is 9.84. The molecule has 17 heavy (non-hydrogen) atoms. The van der Waals surface area contributed by atoms with Gasteiger partial charge in [0.1, 0.15) is 0 Å². The van der Waals surface area contributed by atoms with Crippen LogP contribution in [0.1, 0.15) is 5.01 Å². The van der Waals surface area contributed by atoms with Crippen molar-refractivity contribution in [1.82, 2.24) is 4.98 Å². The number of nitrogens with zero attached hydrogens (tertiary/aromatic N) is 1. The third kappa shape index (κ3) is 2.15. The summed E-state index contributed by atoms with van der Waals surface area (Å²) in [6.45, 7) is 1.48. The average Bonchev–Trinajstić information content (AvgIpc) is 2.94. The highest BCUT2D eigenvalue weighted by atomic mass is 32.1. The molecule has 1 N–H and O–H groups in total. The molecule has 0 aromatic carbocycles. The van der Waals surface area contributed by atoms with E-state index in [1.807, 2.05) is 6.07 Å². The number of rotatable bonds is 4. The van der Waals surface area contributed by atoms with E-state index in [1.165, 1.54) is 4.88 Å². The van der Waals surface area contributed by atoms with Crippen LogP contribution in [-0.4, -0.2) is 29.9 Å². The summed E-state index contributed by atoms with van der Waals surface area (Å²) >= 11 is 3.37. The zero-order valence-corrected chi connectivity index (χ0v) is 10.9. The van der Waals surface area contributed by atoms with Crippen molar-refractivity contribution in [3.8, 4) is 10.6 Å². The van der Waals surface area contributed by atoms with Gasteiger partial charge >= 0.3 is 0 Å². The first kappa shape index (κ1) is 11.3. The molecule has 1 aliphatic rings. The summed E-state index contributed by atoms with van der Waals surface area (Å²) in [6, 6.07) is 4.12. The van der Waals surface area contributed by atoms with E-state index in [2.05, 4.69) is 21.8 Å². The number of thiophene rings is 1. The van der Waals surface area contributed by atoms with E-state index in [4.69, 9.17) is 4.74 Å². The standard InChI is InChI=1S/C12H13NO2S2/c14-6-12(7-15-8-12)4-11-13-9(5-17-11)10-2-1-3-16-10/h1-3,5,14H,4,6-8H2. The van der Waals surface area contributed by atoms with Crippen molar-refractivity contribution < 1.29 is 9.84 Å². The first-order valence-corrected chi connectivity index (χ1v) is 7.24. The van der Waals surface area contributed by atoms with E-state index in [9.17, 15) is 5.11 Å². The maximum Gasteiger partial charge on any atom is 0.0941 e. The van der Waals surface area contributed by atoms with Gasteiger partial charge in [-0.2, -0.15) is 0 Å². The SMILES string of the molecule is OCC1(Cc2nc(-c3cccs3)cs2)COC1. The van der Waals surface area contributed by atoms with Gasteiger partial charge < -0.3 is 9.84 Å². The highest BCUT2D eigenvalue weighted by molar-refractivity contribution is 7.14. The molecule has 1 fully saturated rings. The van der Waals surface area contributed by atoms with Gasteiger partial charge in [-0.25, -0.2) is 4.98 Å². The summed E-state index contributed by atoms with van der Waals surface area (Å²) in [7, 11) is 0. The topological polar surface area (TPSA) is 42.4 Å². The fourth-order valence-electron chi connectivity index (χ4n) is 1.89. The van der Waals surface area contributed by atoms with Crippen LogP contribution in [0.3, 0.4) is 0 Å². The van der Waals surface area contributed by atoms with E-state index >= 15 is 0 Å². The van der Waals surface area contributed by atoms with Crippen LogP contribution in [0.4, 0.5) is 0 Å². The highest BCUT2D eigenvalue weighted by Crippen LogP contribution is 2.34. The zero-order valence-electron chi connectivity index (χ0n) is 9.26. The number of aliphatic hydroxyl groups is 1. The van der Waals surface area contributed by atoms with Gasteiger partial charge in [0.15, 0.2) is 0 Å². The summed E-state index contributed by atoms with van der Waals surface area (Å²) in [6.07, 6.45) is 0.819. The van der Waals surface area contributed by atoms with E-state index in [-0.39, 0.29) is 12.0 Å². The van der Waals surface area contributed by atoms with Gasteiger partial charge in [0.25, 0.3) is 0 Å². The van der Waals surface area contributed by atoms with Crippen molar-refractivity contribution in [2.24, 2.45) is 5.41 Å². The Bertz CT molecular complexity index is 483. The van der Waals surface area contributed by atoms with Crippen molar-refractivity contribution in [3.63, 3.8) is 0 Å². The van der Waals surface area contributed by atoms with Crippen molar-refractivity contribution in [1.29, 1.82) is 0 Å². The molecule has 1 aliphatic heterocycles. The third-order valence-electron chi connectivity index (χ3n) is 3.00. The molecule has 90 valence electrons. The number of thiazole rings is 1. The van der Waals surface area contributed by atoms with Gasteiger partial charge in [0.2, 0.25) is 0 Å². The van der Waals surface area contributed by atoms with E-state index in [0.29, 0.717) is 13.2 Å². The third-order valence-corrected chi connectivity index (χ3v) is 4.74. The lowest BCUT2D eigenvalue weighted by Crippen LogP contribution is -2.47. The minimum Gasteiger partial charge on any atom is -0.396 e. The van der Waals surface area contributed by atoms with Gasteiger partial charge in [-0.1, -0.05) is 6.07 Å². The molecule has 1 saturated heterocycles. The van der Waals surface area contributed by atoms with Gasteiger partial charge in [-0.3, -0.25) is 0 Å². The Morgan fingerprint density at radius 3 is 2.88 bits per heavy atom. The van der Waals surface area contributed by atoms with E-state index < -0.39 is 0 Å². The lowest BCUT2D eigenvalue weighted by Gasteiger charge is -2.39. The molecular weight excluding hydrogens is 254 g/mol. The van der Waals surface area contributed by atoms with E-state index in [0.717, 1.165) is 17.1 Å². The van der Waals surface area contributed by atoms with Crippen LogP contribution in [-0.2, 0) is 11.2 Å². The van der Waals surface area contributed by atoms with Crippen molar-refractivity contribution in [3.05, 3.63) is 27.9 Å². The van der Waals surface area contributed by atoms with E-state index in [1.54, 1.807) is 22.7 Å². The monoisotopic (exact) mass is 267 g/mol. The Balaban J connectivity index is 1.77. The van der Waals surface area contributed by atoms with Crippen molar-refractivity contribution >= 4 is 22.7 Å². The maximum absolute atomic E-state index is 9.39. The van der Waals surface area contributed by atoms with Crippen LogP contribution >= 0.6 is 22.7 Å². The zero-order chi connectivity index (χ0) is 11.7. The summed E-state index contributed by atoms with van der Waals surface area (Å²) in [5.74, 6) is 0. The second-order valence-electron chi connectivity index (χ2n) is 4.43. The minimum absolute atomic E-state index is 0.0788. The highest BCUT2D eigenvalue weighted by Gasteiger charge is 2.38. The van der Waals surface area contributed by atoms with Crippen LogP contribution in [0.15, 0.2) is 22.9 Å². The summed E-state index contributed by atoms with van der Waals surface area (Å²) in [5.41, 5.74) is 0.971. The minimum atomic E-state index is -0.0788. The second kappa shape index (κ2) is 4.49. The molecule has 0 unspecified atom stereocenters. The Labute approximate surface area is 108 Å². The first-order valence-electron chi connectivity index (χ1n) is 5.48. The fourth-order valence-corrected chi connectivity index (χ4v) is 3.62. The predicted molar refractivity (Wildman–Crippen MR) is 69.5 cm³/mol. The summed E-state index contributed by atoms with van der Waals surface area (Å²) in [4.78, 5) is 5.83. The quantitative estimate of drug-likeness (QED) is 0.925. The number of hydrogen-bond acceptors (Lipinski definition) is 5. The van der Waals surface area contributed by atoms with Crippen LogP contribution in [0.25, 0.3) is 10.6 Å². The van der Waals surface area contributed by atoms with Gasteiger partial charge in [-0.15, -0.1) is 22.7 Å². The maximum atomic E-state index is 9.39. The largest absolute Gasteiger partial charge is 0.396 e. The normalized spacial score (nSPS) is 17.9. The molecule has 0 spiro atoms. The molecule has 0 saturated carbocycles. The molecule has 0 aliphatic carbocycles. The summed E-state index contributed by atoms with van der Waals surface area (Å²) in [5, 5.41) is 14.6. The molecule has 3 nitrogen and oxygen atoms in total. The molecule has 0 amide bonds. The molecule has 3 rings (SSSR count). The molecule has 0 atom stereocenters. The number of hydrogen-bond donors (Lipinski definition) is 1. The van der Waals surface area contributed by atoms with Crippen LogP contribution in [0, 0.1) is 5.41 Å². The van der Waals surface area contributed by atoms with Gasteiger partial charge in [0.05, 0.1) is 35.4 Å². The van der Waals surface area contributed by atoms with Crippen LogP contribution in [0.2, 0.25) is 0 Å². The van der Waals surface area contributed by atoms with Gasteiger partial charge in [-0.05, 0) is 11.4 Å². The predicted octanol–water partition coefficient (Wildman–Crippen LogP) is 2.42. The van der Waals surface area contributed by atoms with Crippen molar-refractivity contribution in [2.45, 2.75) is 6.42 Å². The Morgan fingerprint density at radius 1 is 1.41 bits per heavy atom. The average molecular weight is 267 g/mol. The van der Waals surface area contributed by atoms with Crippen molar-refractivity contribution in [2.75, 3.05) is 19.8 Å². The summed E-state index contributed by atoms with van der Waals surface area (Å²) < 4.78 is 5.20.